The van der Waals surface area contributed by atoms with Gasteiger partial charge in [-0.05, 0) is 97.0 Å². The lowest BCUT2D eigenvalue weighted by molar-refractivity contribution is 0.198. The van der Waals surface area contributed by atoms with Gasteiger partial charge in [-0.3, -0.25) is 4.90 Å². The maximum atomic E-state index is 2.61. The van der Waals surface area contributed by atoms with Crippen LogP contribution in [0.4, 0.5) is 0 Å². The molecule has 0 bridgehead atoms. The van der Waals surface area contributed by atoms with Crippen LogP contribution in [0, 0.1) is 11.3 Å². The third-order valence-corrected chi connectivity index (χ3v) is 7.01. The van der Waals surface area contributed by atoms with Crippen molar-refractivity contribution in [2.45, 2.75) is 72.3 Å². The zero-order chi connectivity index (χ0) is 19.6. The molecule has 1 heteroatoms. The van der Waals surface area contributed by atoms with Gasteiger partial charge in [-0.15, -0.1) is 0 Å². The molecule has 0 radical (unpaired) electrons. The Morgan fingerprint density at radius 1 is 0.893 bits per heavy atom. The van der Waals surface area contributed by atoms with E-state index in [4.69, 9.17) is 0 Å². The van der Waals surface area contributed by atoms with Gasteiger partial charge >= 0.3 is 0 Å². The van der Waals surface area contributed by atoms with Crippen LogP contribution in [0.1, 0.15) is 76.8 Å². The third-order valence-electron chi connectivity index (χ3n) is 7.01. The van der Waals surface area contributed by atoms with Gasteiger partial charge < -0.3 is 0 Å². The first kappa shape index (κ1) is 19.7. The van der Waals surface area contributed by atoms with Crippen LogP contribution >= 0.6 is 0 Å². The van der Waals surface area contributed by atoms with Crippen molar-refractivity contribution in [1.29, 1.82) is 0 Å². The number of hydrogen-bond acceptors (Lipinski definition) is 1. The number of rotatable bonds is 3. The Kier molecular flexibility index (Phi) is 5.92. The van der Waals surface area contributed by atoms with Crippen molar-refractivity contribution < 1.29 is 0 Å². The van der Waals surface area contributed by atoms with Crippen LogP contribution in [0.2, 0.25) is 0 Å². The van der Waals surface area contributed by atoms with Crippen LogP contribution in [-0.4, -0.2) is 18.0 Å². The molecule has 2 fully saturated rings. The molecular formula is C27H37N. The summed E-state index contributed by atoms with van der Waals surface area (Å²) in [5, 5.41) is 2.76. The van der Waals surface area contributed by atoms with Gasteiger partial charge in [0.1, 0.15) is 0 Å². The SMILES string of the molecule is CC(C)(C)C1CCC(=Cc2ccc3cc(CN4CCCCC4)ccc3c2)CC1. The lowest BCUT2D eigenvalue weighted by atomic mass is 9.71. The van der Waals surface area contributed by atoms with Crippen LogP contribution < -0.4 is 0 Å². The van der Waals surface area contributed by atoms with Gasteiger partial charge in [-0.1, -0.05) is 63.1 Å². The summed E-state index contributed by atoms with van der Waals surface area (Å²) in [4.78, 5) is 2.61. The summed E-state index contributed by atoms with van der Waals surface area (Å²) in [6, 6.07) is 14.1. The van der Waals surface area contributed by atoms with E-state index in [1.54, 1.807) is 5.57 Å². The summed E-state index contributed by atoms with van der Waals surface area (Å²) in [5.41, 5.74) is 4.93. The molecule has 0 atom stereocenters. The zero-order valence-corrected chi connectivity index (χ0v) is 18.1. The van der Waals surface area contributed by atoms with Gasteiger partial charge in [0.2, 0.25) is 0 Å². The molecule has 0 N–H and O–H groups in total. The van der Waals surface area contributed by atoms with Crippen molar-refractivity contribution in [2.75, 3.05) is 13.1 Å². The molecule has 2 aromatic carbocycles. The standard InChI is InChI=1S/C27H37N/c1-27(2,3)26-13-9-21(10-14-26)17-22-7-11-25-19-23(8-12-24(25)18-22)20-28-15-5-4-6-16-28/h7-8,11-12,17-19,26H,4-6,9-10,13-16,20H2,1-3H3. The Labute approximate surface area is 171 Å². The first-order valence-electron chi connectivity index (χ1n) is 11.4. The minimum absolute atomic E-state index is 0.459. The maximum absolute atomic E-state index is 2.61. The molecule has 1 saturated carbocycles. The fourth-order valence-electron chi connectivity index (χ4n) is 5.11. The number of piperidine rings is 1. The van der Waals surface area contributed by atoms with Crippen molar-refractivity contribution in [2.24, 2.45) is 11.3 Å². The molecule has 2 aromatic rings. The van der Waals surface area contributed by atoms with E-state index in [0.29, 0.717) is 5.41 Å². The number of benzene rings is 2. The summed E-state index contributed by atoms with van der Waals surface area (Å²) in [6.45, 7) is 10.8. The highest BCUT2D eigenvalue weighted by atomic mass is 15.1. The molecule has 150 valence electrons. The second kappa shape index (κ2) is 8.41. The lowest BCUT2D eigenvalue weighted by Crippen LogP contribution is -2.29. The second-order valence-corrected chi connectivity index (χ2v) is 10.2. The van der Waals surface area contributed by atoms with E-state index in [0.717, 1.165) is 12.5 Å². The molecule has 28 heavy (non-hydrogen) atoms. The molecule has 0 spiro atoms. The molecule has 0 aromatic heterocycles. The van der Waals surface area contributed by atoms with Crippen LogP contribution in [0.15, 0.2) is 42.0 Å². The lowest BCUT2D eigenvalue weighted by Gasteiger charge is -2.34. The van der Waals surface area contributed by atoms with Crippen molar-refractivity contribution >= 4 is 16.8 Å². The van der Waals surface area contributed by atoms with E-state index in [2.05, 4.69) is 68.1 Å². The first-order valence-corrected chi connectivity index (χ1v) is 11.4. The second-order valence-electron chi connectivity index (χ2n) is 10.2. The summed E-state index contributed by atoms with van der Waals surface area (Å²) in [5.74, 6) is 0.875. The highest BCUT2D eigenvalue weighted by Gasteiger charge is 2.27. The molecule has 0 unspecified atom stereocenters. The Bertz CT molecular complexity index is 823. The van der Waals surface area contributed by atoms with Crippen LogP contribution in [-0.2, 0) is 6.54 Å². The largest absolute Gasteiger partial charge is 0.299 e. The topological polar surface area (TPSA) is 3.24 Å². The van der Waals surface area contributed by atoms with Gasteiger partial charge in [-0.2, -0.15) is 0 Å². The van der Waals surface area contributed by atoms with Crippen molar-refractivity contribution in [3.63, 3.8) is 0 Å². The van der Waals surface area contributed by atoms with Crippen LogP contribution in [0.25, 0.3) is 16.8 Å². The molecule has 2 aliphatic rings. The van der Waals surface area contributed by atoms with Crippen LogP contribution in [0.5, 0.6) is 0 Å². The number of allylic oxidation sites excluding steroid dienone is 1. The summed E-state index contributed by atoms with van der Waals surface area (Å²) in [6.07, 6.45) is 11.8. The normalized spacial score (nSPS) is 21.8. The molecular weight excluding hydrogens is 338 g/mol. The van der Waals surface area contributed by atoms with Crippen molar-refractivity contribution in [1.82, 2.24) is 4.90 Å². The van der Waals surface area contributed by atoms with E-state index in [9.17, 15) is 0 Å². The summed E-state index contributed by atoms with van der Waals surface area (Å²) < 4.78 is 0. The smallest absolute Gasteiger partial charge is 0.0233 e. The first-order chi connectivity index (χ1) is 13.5. The number of fused-ring (bicyclic) bond motifs is 1. The molecule has 1 heterocycles. The van der Waals surface area contributed by atoms with E-state index in [1.807, 2.05) is 0 Å². The highest BCUT2D eigenvalue weighted by Crippen LogP contribution is 2.40. The molecule has 1 aliphatic carbocycles. The monoisotopic (exact) mass is 375 g/mol. The Hall–Kier alpha value is -1.60. The van der Waals surface area contributed by atoms with Gasteiger partial charge in [0, 0.05) is 6.54 Å². The average molecular weight is 376 g/mol. The fourth-order valence-corrected chi connectivity index (χ4v) is 5.11. The Morgan fingerprint density at radius 2 is 1.57 bits per heavy atom. The predicted octanol–water partition coefficient (Wildman–Crippen LogP) is 7.45. The quantitative estimate of drug-likeness (QED) is 0.538. The molecule has 4 rings (SSSR count). The van der Waals surface area contributed by atoms with Crippen molar-refractivity contribution in [3.05, 3.63) is 53.1 Å². The van der Waals surface area contributed by atoms with Gasteiger partial charge in [-0.25, -0.2) is 0 Å². The molecule has 1 aliphatic heterocycles. The number of likely N-dealkylation sites (tertiary alicyclic amines) is 1. The van der Waals surface area contributed by atoms with Gasteiger partial charge in [0.15, 0.2) is 0 Å². The average Bonchev–Trinajstić information content (AvgIpc) is 2.69. The molecule has 0 amide bonds. The van der Waals surface area contributed by atoms with E-state index >= 15 is 0 Å². The minimum Gasteiger partial charge on any atom is -0.299 e. The predicted molar refractivity (Wildman–Crippen MR) is 122 cm³/mol. The third kappa shape index (κ3) is 4.87. The molecule has 1 nitrogen and oxygen atoms in total. The maximum Gasteiger partial charge on any atom is 0.0233 e. The van der Waals surface area contributed by atoms with E-state index < -0.39 is 0 Å². The fraction of sp³-hybridized carbons (Fsp3) is 0.556. The van der Waals surface area contributed by atoms with Crippen LogP contribution in [0.3, 0.4) is 0 Å². The molecule has 1 saturated heterocycles. The van der Waals surface area contributed by atoms with Gasteiger partial charge in [0.05, 0.1) is 0 Å². The Morgan fingerprint density at radius 3 is 2.29 bits per heavy atom. The Balaban J connectivity index is 1.44. The highest BCUT2D eigenvalue weighted by molar-refractivity contribution is 5.85. The van der Waals surface area contributed by atoms with E-state index in [-0.39, 0.29) is 0 Å². The summed E-state index contributed by atoms with van der Waals surface area (Å²) in [7, 11) is 0. The minimum atomic E-state index is 0.459. The van der Waals surface area contributed by atoms with Gasteiger partial charge in [0.25, 0.3) is 0 Å². The summed E-state index contributed by atoms with van der Waals surface area (Å²) >= 11 is 0. The zero-order valence-electron chi connectivity index (χ0n) is 18.1. The number of hydrogen-bond donors (Lipinski definition) is 0. The van der Waals surface area contributed by atoms with Crippen molar-refractivity contribution in [3.8, 4) is 0 Å². The number of nitrogens with zero attached hydrogens (tertiary/aromatic N) is 1. The van der Waals surface area contributed by atoms with E-state index in [1.165, 1.54) is 79.9 Å².